The van der Waals surface area contributed by atoms with Crippen LogP contribution >= 0.6 is 0 Å². The molecule has 0 radical (unpaired) electrons. The maximum absolute atomic E-state index is 12.8. The van der Waals surface area contributed by atoms with Gasteiger partial charge in [-0.15, -0.1) is 10.2 Å². The van der Waals surface area contributed by atoms with Crippen LogP contribution in [-0.2, 0) is 26.1 Å². The van der Waals surface area contributed by atoms with E-state index < -0.39 is 0 Å². The number of nitrogens with one attached hydrogen (secondary N) is 1. The van der Waals surface area contributed by atoms with Crippen LogP contribution in [0.1, 0.15) is 51.7 Å². The number of hydrogen-bond donors (Lipinski definition) is 1. The molecule has 5 rings (SSSR count). The number of benzene rings is 3. The predicted molar refractivity (Wildman–Crippen MR) is 143 cm³/mol. The van der Waals surface area contributed by atoms with Gasteiger partial charge in [0.2, 0.25) is 0 Å². The molecule has 1 N–H and O–H groups in total. The first-order valence-corrected chi connectivity index (χ1v) is 12.8. The van der Waals surface area contributed by atoms with E-state index in [0.29, 0.717) is 12.2 Å². The lowest BCUT2D eigenvalue weighted by Gasteiger charge is -2.20. The summed E-state index contributed by atoms with van der Waals surface area (Å²) in [6.07, 6.45) is 0.823. The molecule has 1 amide bonds. The van der Waals surface area contributed by atoms with Crippen molar-refractivity contribution in [2.24, 2.45) is 0 Å². The van der Waals surface area contributed by atoms with Crippen LogP contribution in [-0.4, -0.2) is 38.7 Å². The Morgan fingerprint density at radius 3 is 2.46 bits per heavy atom. The first-order chi connectivity index (χ1) is 18.1. The van der Waals surface area contributed by atoms with Crippen molar-refractivity contribution < 1.29 is 9.53 Å². The number of rotatable bonds is 8. The van der Waals surface area contributed by atoms with Gasteiger partial charge in [0.05, 0.1) is 6.04 Å². The topological polar surface area (TPSA) is 72.3 Å². The molecule has 0 fully saturated rings. The van der Waals surface area contributed by atoms with E-state index in [-0.39, 0.29) is 11.9 Å². The monoisotopic (exact) mass is 495 g/mol. The molecule has 1 aliphatic heterocycles. The summed E-state index contributed by atoms with van der Waals surface area (Å²) in [4.78, 5) is 15.3. The number of carbonyl (C=O) groups excluding carboxylic acids is 1. The van der Waals surface area contributed by atoms with Crippen molar-refractivity contribution in [2.75, 3.05) is 13.1 Å². The van der Waals surface area contributed by atoms with Gasteiger partial charge in [0.15, 0.2) is 5.82 Å². The van der Waals surface area contributed by atoms with Crippen molar-refractivity contribution in [2.45, 2.75) is 46.0 Å². The van der Waals surface area contributed by atoms with Crippen LogP contribution in [0, 0.1) is 6.92 Å². The summed E-state index contributed by atoms with van der Waals surface area (Å²) in [7, 11) is 0. The van der Waals surface area contributed by atoms with E-state index in [9.17, 15) is 4.79 Å². The molecule has 3 aromatic carbocycles. The summed E-state index contributed by atoms with van der Waals surface area (Å²) in [6.45, 7) is 7.95. The van der Waals surface area contributed by atoms with Gasteiger partial charge >= 0.3 is 0 Å². The predicted octanol–water partition coefficient (Wildman–Crippen LogP) is 4.71. The number of carbonyl (C=O) groups is 1. The Bertz CT molecular complexity index is 1330. The minimum atomic E-state index is -0.233. The molecule has 0 saturated carbocycles. The van der Waals surface area contributed by atoms with Gasteiger partial charge in [-0.1, -0.05) is 60.7 Å². The van der Waals surface area contributed by atoms with Crippen LogP contribution in [0.15, 0.2) is 78.9 Å². The first-order valence-electron chi connectivity index (χ1n) is 12.8. The first kappa shape index (κ1) is 24.7. The fourth-order valence-electron chi connectivity index (χ4n) is 4.72. The lowest BCUT2D eigenvalue weighted by atomic mass is 10.1. The third kappa shape index (κ3) is 6.06. The van der Waals surface area contributed by atoms with Crippen molar-refractivity contribution in [1.82, 2.24) is 25.0 Å². The van der Waals surface area contributed by atoms with Crippen molar-refractivity contribution in [3.8, 4) is 5.75 Å². The quantitative estimate of drug-likeness (QED) is 0.383. The molecular formula is C30H33N5O2. The maximum atomic E-state index is 12.8. The zero-order chi connectivity index (χ0) is 25.6. The fourth-order valence-corrected chi connectivity index (χ4v) is 4.72. The summed E-state index contributed by atoms with van der Waals surface area (Å²) < 4.78 is 8.09. The van der Waals surface area contributed by atoms with E-state index in [2.05, 4.69) is 49.2 Å². The minimum Gasteiger partial charge on any atom is -0.489 e. The van der Waals surface area contributed by atoms with Crippen molar-refractivity contribution in [3.63, 3.8) is 0 Å². The number of ether oxygens (including phenoxy) is 1. The van der Waals surface area contributed by atoms with E-state index in [0.717, 1.165) is 61.1 Å². The number of nitrogens with zero attached hydrogens (tertiary/aromatic N) is 4. The van der Waals surface area contributed by atoms with Gasteiger partial charge in [0.25, 0.3) is 5.91 Å². The Hall–Kier alpha value is -3.97. The second kappa shape index (κ2) is 11.4. The highest BCUT2D eigenvalue weighted by Gasteiger charge is 2.23. The summed E-state index contributed by atoms with van der Waals surface area (Å²) in [5.74, 6) is 2.56. The Morgan fingerprint density at radius 2 is 1.68 bits per heavy atom. The maximum Gasteiger partial charge on any atom is 0.252 e. The molecule has 37 heavy (non-hydrogen) atoms. The van der Waals surface area contributed by atoms with E-state index >= 15 is 0 Å². The average molecular weight is 496 g/mol. The molecule has 0 aliphatic carbocycles. The Kier molecular flexibility index (Phi) is 7.61. The van der Waals surface area contributed by atoms with E-state index in [1.807, 2.05) is 68.4 Å². The number of aryl methyl sites for hydroxylation is 1. The second-order valence-electron chi connectivity index (χ2n) is 9.58. The van der Waals surface area contributed by atoms with Gasteiger partial charge in [-0.3, -0.25) is 9.69 Å². The molecule has 0 saturated heterocycles. The van der Waals surface area contributed by atoms with Gasteiger partial charge in [-0.25, -0.2) is 0 Å². The Morgan fingerprint density at radius 1 is 0.919 bits per heavy atom. The van der Waals surface area contributed by atoms with Crippen LogP contribution in [0.2, 0.25) is 0 Å². The van der Waals surface area contributed by atoms with E-state index in [4.69, 9.17) is 4.74 Å². The summed E-state index contributed by atoms with van der Waals surface area (Å²) in [5, 5.41) is 12.0. The molecule has 1 unspecified atom stereocenters. The third-order valence-electron chi connectivity index (χ3n) is 6.85. The molecule has 7 heteroatoms. The van der Waals surface area contributed by atoms with Crippen LogP contribution in [0.25, 0.3) is 0 Å². The molecule has 7 nitrogen and oxygen atoms in total. The molecule has 0 spiro atoms. The molecule has 4 aromatic rings. The minimum absolute atomic E-state index is 0.0885. The second-order valence-corrected chi connectivity index (χ2v) is 9.58. The summed E-state index contributed by atoms with van der Waals surface area (Å²) in [6, 6.07) is 25.9. The van der Waals surface area contributed by atoms with Crippen molar-refractivity contribution >= 4 is 5.91 Å². The largest absolute Gasteiger partial charge is 0.489 e. The SMILES string of the molecule is Cc1ccccc1C(=O)NC(C)c1nnc2n1CCN(Cc1ccc(OCc3ccccc3)cc1)CC2. The zero-order valence-electron chi connectivity index (χ0n) is 21.4. The van der Waals surface area contributed by atoms with Gasteiger partial charge in [-0.2, -0.15) is 0 Å². The number of amides is 1. The van der Waals surface area contributed by atoms with Crippen LogP contribution in [0.5, 0.6) is 5.75 Å². The van der Waals surface area contributed by atoms with Gasteiger partial charge in [0, 0.05) is 38.2 Å². The third-order valence-corrected chi connectivity index (χ3v) is 6.85. The Labute approximate surface area is 218 Å². The van der Waals surface area contributed by atoms with E-state index in [1.165, 1.54) is 5.56 Å². The summed E-state index contributed by atoms with van der Waals surface area (Å²) >= 11 is 0. The normalized spacial score (nSPS) is 14.4. The van der Waals surface area contributed by atoms with Crippen LogP contribution in [0.3, 0.4) is 0 Å². The number of hydrogen-bond acceptors (Lipinski definition) is 5. The van der Waals surface area contributed by atoms with Crippen LogP contribution < -0.4 is 10.1 Å². The van der Waals surface area contributed by atoms with Gasteiger partial charge in [0.1, 0.15) is 18.2 Å². The van der Waals surface area contributed by atoms with E-state index in [1.54, 1.807) is 0 Å². The summed E-state index contributed by atoms with van der Waals surface area (Å²) in [5.41, 5.74) is 4.06. The highest BCUT2D eigenvalue weighted by Crippen LogP contribution is 2.19. The smallest absolute Gasteiger partial charge is 0.252 e. The van der Waals surface area contributed by atoms with Gasteiger partial charge in [-0.05, 0) is 48.7 Å². The molecular weight excluding hydrogens is 462 g/mol. The zero-order valence-corrected chi connectivity index (χ0v) is 21.4. The molecule has 2 heterocycles. The number of fused-ring (bicyclic) bond motifs is 1. The standard InChI is InChI=1S/C30H33N5O2/c1-22-8-6-7-11-27(22)30(36)31-23(2)29-33-32-28-16-17-34(18-19-35(28)29)20-24-12-14-26(15-13-24)37-21-25-9-4-3-5-10-25/h3-15,23H,16-21H2,1-2H3,(H,31,36). The lowest BCUT2D eigenvalue weighted by molar-refractivity contribution is 0.0937. The average Bonchev–Trinajstić information content (AvgIpc) is 3.23. The molecule has 1 atom stereocenters. The Balaban J connectivity index is 1.16. The van der Waals surface area contributed by atoms with Crippen molar-refractivity contribution in [1.29, 1.82) is 0 Å². The fraction of sp³-hybridized carbons (Fsp3) is 0.300. The number of aromatic nitrogens is 3. The highest BCUT2D eigenvalue weighted by molar-refractivity contribution is 5.95. The van der Waals surface area contributed by atoms with Gasteiger partial charge < -0.3 is 14.6 Å². The highest BCUT2D eigenvalue weighted by atomic mass is 16.5. The molecule has 1 aliphatic rings. The van der Waals surface area contributed by atoms with Crippen molar-refractivity contribution in [3.05, 3.63) is 113 Å². The molecule has 0 bridgehead atoms. The van der Waals surface area contributed by atoms with Crippen LogP contribution in [0.4, 0.5) is 0 Å². The lowest BCUT2D eigenvalue weighted by Crippen LogP contribution is -2.30. The molecule has 190 valence electrons. The molecule has 1 aromatic heterocycles.